The number of carbonyl (C=O) groups excluding carboxylic acids is 2. The summed E-state index contributed by atoms with van der Waals surface area (Å²) in [6, 6.07) is 18.4. The molecule has 1 aliphatic heterocycles. The van der Waals surface area contributed by atoms with E-state index in [2.05, 4.69) is 49.8 Å². The van der Waals surface area contributed by atoms with Crippen molar-refractivity contribution >= 4 is 39.4 Å². The molecule has 7 heteroatoms. The van der Waals surface area contributed by atoms with Crippen molar-refractivity contribution in [2.24, 2.45) is 5.92 Å². The number of carbonyl (C=O) groups is 2. The number of amides is 2. The van der Waals surface area contributed by atoms with E-state index in [1.54, 1.807) is 6.20 Å². The average molecular weight is 468 g/mol. The molecule has 3 N–H and O–H groups in total. The van der Waals surface area contributed by atoms with Gasteiger partial charge in [-0.3, -0.25) is 14.5 Å². The topological polar surface area (TPSA) is 90.1 Å². The van der Waals surface area contributed by atoms with Crippen LogP contribution in [0.2, 0.25) is 0 Å². The molecule has 2 fully saturated rings. The molecule has 1 saturated carbocycles. The first-order chi connectivity index (χ1) is 17.1. The Morgan fingerprint density at radius 3 is 2.54 bits per heavy atom. The number of hydrogen-bond donors (Lipinski definition) is 3. The van der Waals surface area contributed by atoms with Gasteiger partial charge in [-0.25, -0.2) is 4.98 Å². The Balaban J connectivity index is 1.13. The molecule has 0 atom stereocenters. The fraction of sp³-hybridized carbons (Fsp3) is 0.321. The van der Waals surface area contributed by atoms with Crippen LogP contribution in [0.1, 0.15) is 41.6 Å². The van der Waals surface area contributed by atoms with Gasteiger partial charge in [-0.2, -0.15) is 0 Å². The summed E-state index contributed by atoms with van der Waals surface area (Å²) in [6.07, 6.45) is 5.49. The summed E-state index contributed by atoms with van der Waals surface area (Å²) in [6.45, 7) is 2.91. The highest BCUT2D eigenvalue weighted by atomic mass is 16.2. The Morgan fingerprint density at radius 2 is 1.77 bits per heavy atom. The van der Waals surface area contributed by atoms with E-state index in [1.807, 2.05) is 30.3 Å². The number of aromatic amines is 1. The van der Waals surface area contributed by atoms with Gasteiger partial charge in [0, 0.05) is 59.6 Å². The monoisotopic (exact) mass is 467 g/mol. The van der Waals surface area contributed by atoms with Crippen LogP contribution in [0.4, 0.5) is 5.82 Å². The second-order valence-corrected chi connectivity index (χ2v) is 9.74. The largest absolute Gasteiger partial charge is 0.351 e. The Bertz CT molecular complexity index is 1380. The molecule has 6 rings (SSSR count). The first-order valence-electron chi connectivity index (χ1n) is 12.4. The molecule has 2 amide bonds. The van der Waals surface area contributed by atoms with Crippen molar-refractivity contribution in [2.75, 3.05) is 18.4 Å². The van der Waals surface area contributed by atoms with E-state index >= 15 is 0 Å². The molecule has 1 saturated heterocycles. The highest BCUT2D eigenvalue weighted by Crippen LogP contribution is 2.33. The number of benzene rings is 2. The van der Waals surface area contributed by atoms with E-state index in [0.717, 1.165) is 67.1 Å². The van der Waals surface area contributed by atoms with Crippen LogP contribution >= 0.6 is 0 Å². The zero-order valence-corrected chi connectivity index (χ0v) is 19.6. The van der Waals surface area contributed by atoms with E-state index < -0.39 is 0 Å². The number of rotatable bonds is 6. The summed E-state index contributed by atoms with van der Waals surface area (Å²) in [5.74, 6) is 0.631. The normalized spacial score (nSPS) is 17.0. The maximum absolute atomic E-state index is 13.0. The van der Waals surface area contributed by atoms with Crippen LogP contribution in [-0.4, -0.2) is 45.8 Å². The predicted octanol–water partition coefficient (Wildman–Crippen LogP) is 4.46. The van der Waals surface area contributed by atoms with Gasteiger partial charge in [0.2, 0.25) is 5.91 Å². The average Bonchev–Trinajstić information content (AvgIpc) is 3.67. The Morgan fingerprint density at radius 1 is 0.971 bits per heavy atom. The Labute approximate surface area is 203 Å². The van der Waals surface area contributed by atoms with Crippen LogP contribution in [0.5, 0.6) is 0 Å². The van der Waals surface area contributed by atoms with E-state index in [1.165, 1.54) is 5.56 Å². The number of H-pyrrole nitrogens is 1. The minimum Gasteiger partial charge on any atom is -0.351 e. The van der Waals surface area contributed by atoms with Crippen molar-refractivity contribution in [3.8, 4) is 0 Å². The van der Waals surface area contributed by atoms with Crippen molar-refractivity contribution in [3.05, 3.63) is 71.9 Å². The molecule has 35 heavy (non-hydrogen) atoms. The number of nitrogens with zero attached hydrogens (tertiary/aromatic N) is 2. The van der Waals surface area contributed by atoms with Crippen molar-refractivity contribution in [2.45, 2.75) is 38.3 Å². The summed E-state index contributed by atoms with van der Waals surface area (Å²) >= 11 is 0. The number of aromatic nitrogens is 2. The molecule has 178 valence electrons. The molecule has 7 nitrogen and oxygen atoms in total. The molecule has 0 spiro atoms. The number of pyridine rings is 1. The summed E-state index contributed by atoms with van der Waals surface area (Å²) in [7, 11) is 0. The smallest absolute Gasteiger partial charge is 0.251 e. The van der Waals surface area contributed by atoms with Gasteiger partial charge in [-0.1, -0.05) is 36.4 Å². The second kappa shape index (κ2) is 9.15. The zero-order chi connectivity index (χ0) is 23.8. The number of piperidine rings is 1. The molecule has 2 aromatic carbocycles. The number of hydrogen-bond acceptors (Lipinski definition) is 4. The summed E-state index contributed by atoms with van der Waals surface area (Å²) in [4.78, 5) is 35.5. The van der Waals surface area contributed by atoms with Gasteiger partial charge in [0.15, 0.2) is 5.82 Å². The van der Waals surface area contributed by atoms with Crippen LogP contribution in [0, 0.1) is 5.92 Å². The van der Waals surface area contributed by atoms with Gasteiger partial charge in [-0.05, 0) is 49.4 Å². The maximum Gasteiger partial charge on any atom is 0.251 e. The molecular weight excluding hydrogens is 438 g/mol. The number of likely N-dealkylation sites (tertiary alicyclic amines) is 1. The number of nitrogens with one attached hydrogen (secondary N) is 3. The second-order valence-electron chi connectivity index (χ2n) is 9.74. The van der Waals surface area contributed by atoms with Crippen molar-refractivity contribution < 1.29 is 9.59 Å². The fourth-order valence-electron chi connectivity index (χ4n) is 4.98. The fourth-order valence-corrected chi connectivity index (χ4v) is 4.98. The van der Waals surface area contributed by atoms with Crippen LogP contribution in [0.3, 0.4) is 0 Å². The quantitative estimate of drug-likeness (QED) is 0.391. The molecule has 3 heterocycles. The Hall–Kier alpha value is -3.71. The minimum atomic E-state index is -0.0487. The highest BCUT2D eigenvalue weighted by Gasteiger charge is 2.30. The van der Waals surface area contributed by atoms with Gasteiger partial charge >= 0.3 is 0 Å². The molecule has 0 unspecified atom stereocenters. The molecule has 4 aromatic rings. The lowest BCUT2D eigenvalue weighted by molar-refractivity contribution is -0.117. The third-order valence-electron chi connectivity index (χ3n) is 7.14. The lowest BCUT2D eigenvalue weighted by atomic mass is 10.0. The van der Waals surface area contributed by atoms with E-state index in [0.29, 0.717) is 11.4 Å². The molecule has 1 aliphatic carbocycles. The van der Waals surface area contributed by atoms with Crippen LogP contribution in [0.15, 0.2) is 60.8 Å². The molecule has 2 aliphatic rings. The third-order valence-corrected chi connectivity index (χ3v) is 7.14. The zero-order valence-electron chi connectivity index (χ0n) is 19.6. The molecule has 0 bridgehead atoms. The van der Waals surface area contributed by atoms with E-state index in [-0.39, 0.29) is 23.8 Å². The van der Waals surface area contributed by atoms with Crippen molar-refractivity contribution in [1.29, 1.82) is 0 Å². The van der Waals surface area contributed by atoms with Crippen LogP contribution in [-0.2, 0) is 11.3 Å². The highest BCUT2D eigenvalue weighted by molar-refractivity contribution is 6.13. The van der Waals surface area contributed by atoms with Gasteiger partial charge in [0.25, 0.3) is 5.91 Å². The van der Waals surface area contributed by atoms with Crippen molar-refractivity contribution in [3.63, 3.8) is 0 Å². The molecule has 2 aromatic heterocycles. The molecular formula is C28H29N5O2. The Kier molecular flexibility index (Phi) is 5.70. The lowest BCUT2D eigenvalue weighted by Gasteiger charge is -2.32. The minimum absolute atomic E-state index is 0.0264. The van der Waals surface area contributed by atoms with Crippen LogP contribution < -0.4 is 10.6 Å². The number of fused-ring (bicyclic) bond motifs is 3. The van der Waals surface area contributed by atoms with E-state index in [9.17, 15) is 9.59 Å². The van der Waals surface area contributed by atoms with Gasteiger partial charge in [0.05, 0.1) is 5.52 Å². The summed E-state index contributed by atoms with van der Waals surface area (Å²) in [5.41, 5.74) is 3.61. The SMILES string of the molecule is O=C(NC1CCN(Cc2ccccc2)CC1)c1ccc2c(c1)[nH]c1c(NC(=O)C3CC3)nccc12. The first kappa shape index (κ1) is 21.8. The maximum atomic E-state index is 13.0. The predicted molar refractivity (Wildman–Crippen MR) is 137 cm³/mol. The number of anilines is 1. The molecule has 0 radical (unpaired) electrons. The summed E-state index contributed by atoms with van der Waals surface area (Å²) < 4.78 is 0. The van der Waals surface area contributed by atoms with Gasteiger partial charge in [-0.15, -0.1) is 0 Å². The van der Waals surface area contributed by atoms with E-state index in [4.69, 9.17) is 0 Å². The van der Waals surface area contributed by atoms with Gasteiger partial charge in [0.1, 0.15) is 0 Å². The lowest BCUT2D eigenvalue weighted by Crippen LogP contribution is -2.44. The third kappa shape index (κ3) is 4.64. The van der Waals surface area contributed by atoms with Crippen LogP contribution in [0.25, 0.3) is 21.8 Å². The van der Waals surface area contributed by atoms with Gasteiger partial charge < -0.3 is 15.6 Å². The first-order valence-corrected chi connectivity index (χ1v) is 12.4. The van der Waals surface area contributed by atoms with Crippen molar-refractivity contribution in [1.82, 2.24) is 20.2 Å². The summed E-state index contributed by atoms with van der Waals surface area (Å²) in [5, 5.41) is 8.17. The standard InChI is InChI=1S/C28H29N5O2/c34-27(19-6-7-19)32-26-25-23(10-13-29-26)22-9-8-20(16-24(22)31-25)28(35)30-21-11-14-33(15-12-21)17-18-4-2-1-3-5-18/h1-5,8-10,13,16,19,21,31H,6-7,11-12,14-15,17H2,(H,30,35)(H,29,32,34).